The molecule has 3 aromatic heterocycles. The van der Waals surface area contributed by atoms with Gasteiger partial charge in [-0.2, -0.15) is 5.21 Å². The zero-order valence-corrected chi connectivity index (χ0v) is 20.8. The van der Waals surface area contributed by atoms with Crippen molar-refractivity contribution < 1.29 is 9.52 Å². The third kappa shape index (κ3) is 4.15. The number of tetrazole rings is 1. The van der Waals surface area contributed by atoms with Gasteiger partial charge in [-0.3, -0.25) is 0 Å². The van der Waals surface area contributed by atoms with Gasteiger partial charge in [0.15, 0.2) is 5.15 Å². The average molecular weight is 542 g/mol. The monoisotopic (exact) mass is 540 g/mol. The molecular formula is C24H22BrClN6O2. The van der Waals surface area contributed by atoms with Crippen LogP contribution in [0.5, 0.6) is 0 Å². The summed E-state index contributed by atoms with van der Waals surface area (Å²) in [6.45, 7) is 2.53. The quantitative estimate of drug-likeness (QED) is 0.258. The van der Waals surface area contributed by atoms with Crippen molar-refractivity contribution in [2.75, 3.05) is 0 Å². The fourth-order valence-electron chi connectivity index (χ4n) is 4.09. The Bertz CT molecular complexity index is 1440. The summed E-state index contributed by atoms with van der Waals surface area (Å²) in [5.74, 6) is 2.08. The van der Waals surface area contributed by atoms with Crippen LogP contribution in [0, 0.1) is 0 Å². The molecule has 8 nitrogen and oxygen atoms in total. The smallest absolute Gasteiger partial charge is 0.205 e. The summed E-state index contributed by atoms with van der Waals surface area (Å²) in [5, 5.41) is 25.6. The maximum absolute atomic E-state index is 9.88. The van der Waals surface area contributed by atoms with Crippen molar-refractivity contribution in [2.45, 2.75) is 39.3 Å². The van der Waals surface area contributed by atoms with Gasteiger partial charge < -0.3 is 14.1 Å². The molecule has 0 radical (unpaired) electrons. The molecule has 2 N–H and O–H groups in total. The number of halogens is 2. The minimum Gasteiger partial charge on any atom is -0.455 e. The first-order valence-corrected chi connectivity index (χ1v) is 12.2. The van der Waals surface area contributed by atoms with E-state index in [0.717, 1.165) is 57.2 Å². The number of nitrogens with zero attached hydrogens (tertiary/aromatic N) is 5. The van der Waals surface area contributed by atoms with Crippen LogP contribution < -0.4 is 0 Å². The lowest BCUT2D eigenvalue weighted by atomic mass is 10.0. The van der Waals surface area contributed by atoms with Crippen LogP contribution in [0.1, 0.15) is 36.8 Å². The number of hydrogen-bond acceptors (Lipinski definition) is 6. The minimum absolute atomic E-state index is 0.160. The highest BCUT2D eigenvalue weighted by Crippen LogP contribution is 2.41. The Labute approximate surface area is 209 Å². The Morgan fingerprint density at radius 3 is 2.74 bits per heavy atom. The van der Waals surface area contributed by atoms with Crippen molar-refractivity contribution in [3.63, 3.8) is 0 Å². The van der Waals surface area contributed by atoms with Crippen molar-refractivity contribution in [3.8, 4) is 22.7 Å². The molecule has 5 rings (SSSR count). The molecule has 174 valence electrons. The maximum atomic E-state index is 9.88. The average Bonchev–Trinajstić information content (AvgIpc) is 3.57. The minimum atomic E-state index is -0.160. The Kier molecular flexibility index (Phi) is 6.49. The Hall–Kier alpha value is -3.01. The van der Waals surface area contributed by atoms with E-state index in [-0.39, 0.29) is 6.61 Å². The lowest BCUT2D eigenvalue weighted by Gasteiger charge is -2.11. The molecule has 3 heterocycles. The number of H-pyrrole nitrogens is 1. The van der Waals surface area contributed by atoms with Crippen molar-refractivity contribution >= 4 is 38.5 Å². The number of aliphatic hydroxyl groups excluding tert-OH is 1. The second-order valence-corrected chi connectivity index (χ2v) is 9.12. The molecule has 10 heteroatoms. The first kappa shape index (κ1) is 22.8. The number of furan rings is 1. The maximum Gasteiger partial charge on any atom is 0.205 e. The summed E-state index contributed by atoms with van der Waals surface area (Å²) < 4.78 is 9.10. The Morgan fingerprint density at radius 2 is 2.00 bits per heavy atom. The van der Waals surface area contributed by atoms with Gasteiger partial charge in [-0.15, -0.1) is 10.2 Å². The van der Waals surface area contributed by atoms with Crippen molar-refractivity contribution in [1.29, 1.82) is 0 Å². The molecule has 0 aliphatic carbocycles. The van der Waals surface area contributed by atoms with Crippen molar-refractivity contribution in [3.05, 3.63) is 69.2 Å². The van der Waals surface area contributed by atoms with Crippen molar-refractivity contribution in [1.82, 2.24) is 30.2 Å². The molecule has 34 heavy (non-hydrogen) atoms. The number of nitrogens with one attached hydrogen (secondary N) is 1. The zero-order chi connectivity index (χ0) is 23.7. The van der Waals surface area contributed by atoms with E-state index >= 15 is 0 Å². The first-order valence-electron chi connectivity index (χ1n) is 11.0. The summed E-state index contributed by atoms with van der Waals surface area (Å²) in [6, 6.07) is 13.8. The highest BCUT2D eigenvalue weighted by molar-refractivity contribution is 9.10. The molecule has 5 aromatic rings. The highest BCUT2D eigenvalue weighted by atomic mass is 79.9. The van der Waals surface area contributed by atoms with Crippen LogP contribution in [0.4, 0.5) is 0 Å². The molecule has 0 saturated heterocycles. The molecule has 0 aliphatic rings. The number of aromatic nitrogens is 6. The second kappa shape index (κ2) is 9.69. The van der Waals surface area contributed by atoms with Crippen LogP contribution in [0.15, 0.2) is 51.4 Å². The predicted octanol–water partition coefficient (Wildman–Crippen LogP) is 5.78. The van der Waals surface area contributed by atoms with E-state index < -0.39 is 0 Å². The standard InChI is InChI=1S/C24H22BrClN6O2/c1-2-3-8-20-27-23(26)18(13-33)32(20)12-14-9-10-19-17(11-14)21(25)22(34-19)15-6-4-5-7-16(15)24-28-30-31-29-24/h4-7,9-11,33H,2-3,8,12-13H2,1H3,(H,28,29,30,31). The summed E-state index contributed by atoms with van der Waals surface area (Å²) in [7, 11) is 0. The van der Waals surface area contributed by atoms with Crippen LogP contribution in [0.2, 0.25) is 5.15 Å². The van der Waals surface area contributed by atoms with Gasteiger partial charge in [0.25, 0.3) is 0 Å². The summed E-state index contributed by atoms with van der Waals surface area (Å²) in [5.41, 5.74) is 4.12. The molecular weight excluding hydrogens is 520 g/mol. The molecule has 0 spiro atoms. The summed E-state index contributed by atoms with van der Waals surface area (Å²) in [4.78, 5) is 4.49. The fourth-order valence-corrected chi connectivity index (χ4v) is 4.95. The van der Waals surface area contributed by atoms with E-state index in [2.05, 4.69) is 54.5 Å². The molecule has 0 fully saturated rings. The number of hydrogen-bond donors (Lipinski definition) is 2. The van der Waals surface area contributed by atoms with Gasteiger partial charge in [-0.05, 0) is 45.3 Å². The van der Waals surface area contributed by atoms with Gasteiger partial charge in [-0.25, -0.2) is 4.98 Å². The lowest BCUT2D eigenvalue weighted by Crippen LogP contribution is -2.09. The number of benzene rings is 2. The lowest BCUT2D eigenvalue weighted by molar-refractivity contribution is 0.271. The van der Waals surface area contributed by atoms with Gasteiger partial charge in [-0.1, -0.05) is 55.3 Å². The number of aromatic amines is 1. The van der Waals surface area contributed by atoms with E-state index in [9.17, 15) is 5.11 Å². The van der Waals surface area contributed by atoms with E-state index in [0.29, 0.717) is 29.0 Å². The van der Waals surface area contributed by atoms with Gasteiger partial charge >= 0.3 is 0 Å². The van der Waals surface area contributed by atoms with E-state index in [1.54, 1.807) is 0 Å². The topological polar surface area (TPSA) is 106 Å². The summed E-state index contributed by atoms with van der Waals surface area (Å²) >= 11 is 10.1. The normalized spacial score (nSPS) is 11.5. The molecule has 0 saturated carbocycles. The Morgan fingerprint density at radius 1 is 1.18 bits per heavy atom. The third-order valence-corrected chi connectivity index (χ3v) is 6.89. The number of imidazole rings is 1. The predicted molar refractivity (Wildman–Crippen MR) is 133 cm³/mol. The van der Waals surface area contributed by atoms with Crippen LogP contribution in [0.25, 0.3) is 33.7 Å². The van der Waals surface area contributed by atoms with Crippen molar-refractivity contribution in [2.24, 2.45) is 0 Å². The molecule has 0 atom stereocenters. The fraction of sp³-hybridized carbons (Fsp3) is 0.250. The van der Waals surface area contributed by atoms with Gasteiger partial charge in [0.05, 0.1) is 16.8 Å². The number of aryl methyl sites for hydroxylation is 1. The molecule has 0 amide bonds. The summed E-state index contributed by atoms with van der Waals surface area (Å²) in [6.07, 6.45) is 2.87. The zero-order valence-electron chi connectivity index (χ0n) is 18.4. The number of unbranched alkanes of at least 4 members (excludes halogenated alkanes) is 1. The second-order valence-electron chi connectivity index (χ2n) is 7.97. The molecule has 2 aromatic carbocycles. The highest BCUT2D eigenvalue weighted by Gasteiger charge is 2.20. The largest absolute Gasteiger partial charge is 0.455 e. The number of aliphatic hydroxyl groups is 1. The van der Waals surface area contributed by atoms with Crippen LogP contribution >= 0.6 is 27.5 Å². The van der Waals surface area contributed by atoms with E-state index in [1.807, 2.05) is 41.0 Å². The Balaban J connectivity index is 1.55. The molecule has 0 bridgehead atoms. The van der Waals surface area contributed by atoms with Crippen LogP contribution in [-0.4, -0.2) is 35.3 Å². The first-order chi connectivity index (χ1) is 16.6. The van der Waals surface area contributed by atoms with Gasteiger partial charge in [0, 0.05) is 29.5 Å². The van der Waals surface area contributed by atoms with E-state index in [1.165, 1.54) is 0 Å². The molecule has 0 unspecified atom stereocenters. The van der Waals surface area contributed by atoms with Gasteiger partial charge in [0.1, 0.15) is 17.2 Å². The van der Waals surface area contributed by atoms with Gasteiger partial charge in [0.2, 0.25) is 5.82 Å². The number of fused-ring (bicyclic) bond motifs is 1. The van der Waals surface area contributed by atoms with Crippen LogP contribution in [-0.2, 0) is 19.6 Å². The third-order valence-electron chi connectivity index (χ3n) is 5.80. The van der Waals surface area contributed by atoms with Crippen LogP contribution in [0.3, 0.4) is 0 Å². The van der Waals surface area contributed by atoms with E-state index in [4.69, 9.17) is 16.0 Å². The molecule has 0 aliphatic heterocycles. The SMILES string of the molecule is CCCCc1nc(Cl)c(CO)n1Cc1ccc2oc(-c3ccccc3-c3nn[nH]n3)c(Br)c2c1. The number of rotatable bonds is 8.